The number of aromatic nitrogens is 1. The molecule has 1 aliphatic rings. The van der Waals surface area contributed by atoms with E-state index in [0.29, 0.717) is 12.1 Å². The van der Waals surface area contributed by atoms with E-state index in [4.69, 9.17) is 5.21 Å². The van der Waals surface area contributed by atoms with Crippen molar-refractivity contribution in [1.29, 1.82) is 0 Å². The Balaban J connectivity index is 1.87. The van der Waals surface area contributed by atoms with Crippen molar-refractivity contribution in [3.8, 4) is 0 Å². The zero-order chi connectivity index (χ0) is 16.4. The van der Waals surface area contributed by atoms with Crippen LogP contribution in [0.5, 0.6) is 0 Å². The first kappa shape index (κ1) is 15.9. The molecular formula is C17H18N3O2Si. The molecule has 1 aliphatic heterocycles. The van der Waals surface area contributed by atoms with Crippen LogP contribution >= 0.6 is 0 Å². The predicted molar refractivity (Wildman–Crippen MR) is 87.3 cm³/mol. The van der Waals surface area contributed by atoms with Crippen molar-refractivity contribution in [2.75, 3.05) is 7.05 Å². The van der Waals surface area contributed by atoms with E-state index in [1.807, 2.05) is 18.2 Å². The number of carbonyl (C=O) groups is 1. The molecule has 1 aromatic heterocycles. The van der Waals surface area contributed by atoms with Gasteiger partial charge in [0.05, 0.1) is 15.8 Å². The van der Waals surface area contributed by atoms with E-state index in [1.54, 1.807) is 11.5 Å². The quantitative estimate of drug-likeness (QED) is 0.507. The summed E-state index contributed by atoms with van der Waals surface area (Å²) in [6.07, 6.45) is 3.11. The van der Waals surface area contributed by atoms with Crippen LogP contribution in [0.1, 0.15) is 27.2 Å². The Morgan fingerprint density at radius 2 is 2.17 bits per heavy atom. The number of amides is 1. The van der Waals surface area contributed by atoms with Gasteiger partial charge in [0, 0.05) is 30.0 Å². The fraction of sp³-hybridized carbons (Fsp3) is 0.294. The van der Waals surface area contributed by atoms with Gasteiger partial charge in [-0.15, -0.1) is 0 Å². The Labute approximate surface area is 138 Å². The molecule has 2 N–H and O–H groups in total. The molecule has 0 fully saturated rings. The average Bonchev–Trinajstić information content (AvgIpc) is 2.55. The molecule has 3 rings (SSSR count). The van der Waals surface area contributed by atoms with Gasteiger partial charge in [0.25, 0.3) is 5.91 Å². The van der Waals surface area contributed by atoms with E-state index in [1.165, 1.54) is 11.8 Å². The van der Waals surface area contributed by atoms with Gasteiger partial charge in [0.2, 0.25) is 0 Å². The molecule has 1 amide bonds. The molecule has 2 aromatic rings. The highest BCUT2D eigenvalue weighted by Crippen LogP contribution is 2.30. The molecule has 23 heavy (non-hydrogen) atoms. The number of likely N-dealkylation sites (N-methyl/N-ethyl adjacent to an activating group) is 1. The SMILES string of the molecule is CN1Cc2cc(C(=O)NO)cnc2C[C@@]1([Si])Cc1ccccc1. The molecule has 0 unspecified atom stereocenters. The molecular weight excluding hydrogens is 306 g/mol. The van der Waals surface area contributed by atoms with Gasteiger partial charge in [-0.05, 0) is 30.7 Å². The molecule has 0 saturated heterocycles. The largest absolute Gasteiger partial charge is 0.299 e. The highest BCUT2D eigenvalue weighted by molar-refractivity contribution is 6.15. The number of fused-ring (bicyclic) bond motifs is 1. The second kappa shape index (κ2) is 6.23. The van der Waals surface area contributed by atoms with Crippen molar-refractivity contribution in [2.45, 2.75) is 24.5 Å². The maximum Gasteiger partial charge on any atom is 0.276 e. The number of hydrogen-bond acceptors (Lipinski definition) is 4. The Kier molecular flexibility index (Phi) is 4.30. The summed E-state index contributed by atoms with van der Waals surface area (Å²) in [4.78, 5) is 18.2. The minimum Gasteiger partial charge on any atom is -0.299 e. The molecule has 1 aromatic carbocycles. The molecule has 2 heterocycles. The van der Waals surface area contributed by atoms with Gasteiger partial charge in [-0.2, -0.15) is 0 Å². The summed E-state index contributed by atoms with van der Waals surface area (Å²) in [6.45, 7) is 0.686. The molecule has 0 aliphatic carbocycles. The minimum absolute atomic E-state index is 0.206. The second-order valence-electron chi connectivity index (χ2n) is 6.00. The van der Waals surface area contributed by atoms with Gasteiger partial charge >= 0.3 is 0 Å². The second-order valence-corrected chi connectivity index (χ2v) is 6.93. The van der Waals surface area contributed by atoms with Crippen LogP contribution in [0.25, 0.3) is 0 Å². The fourth-order valence-corrected chi connectivity index (χ4v) is 3.42. The highest BCUT2D eigenvalue weighted by atomic mass is 28.1. The molecule has 5 nitrogen and oxygen atoms in total. The first-order valence-corrected chi connectivity index (χ1v) is 7.94. The number of carbonyl (C=O) groups excluding carboxylic acids is 1. The van der Waals surface area contributed by atoms with Gasteiger partial charge in [-0.1, -0.05) is 30.3 Å². The normalized spacial score (nSPS) is 20.8. The fourth-order valence-electron chi connectivity index (χ4n) is 2.97. The van der Waals surface area contributed by atoms with E-state index in [9.17, 15) is 4.79 Å². The van der Waals surface area contributed by atoms with Crippen molar-refractivity contribution >= 4 is 16.1 Å². The van der Waals surface area contributed by atoms with Gasteiger partial charge < -0.3 is 0 Å². The summed E-state index contributed by atoms with van der Waals surface area (Å²) in [7, 11) is 6.01. The van der Waals surface area contributed by atoms with Crippen LogP contribution in [0.3, 0.4) is 0 Å². The Hall–Kier alpha value is -2.02. The summed E-state index contributed by atoms with van der Waals surface area (Å²) in [5.74, 6) is -0.539. The lowest BCUT2D eigenvalue weighted by molar-refractivity contribution is 0.0705. The molecule has 6 heteroatoms. The van der Waals surface area contributed by atoms with Crippen molar-refractivity contribution in [1.82, 2.24) is 15.4 Å². The minimum atomic E-state index is -0.539. The summed E-state index contributed by atoms with van der Waals surface area (Å²) in [6, 6.07) is 12.1. The first-order chi connectivity index (χ1) is 11.0. The summed E-state index contributed by atoms with van der Waals surface area (Å²) in [5, 5.41) is 8.54. The molecule has 3 radical (unpaired) electrons. The van der Waals surface area contributed by atoms with Crippen molar-refractivity contribution < 1.29 is 10.0 Å². The van der Waals surface area contributed by atoms with Crippen LogP contribution in [-0.4, -0.2) is 43.5 Å². The lowest BCUT2D eigenvalue weighted by atomic mass is 9.92. The van der Waals surface area contributed by atoms with Gasteiger partial charge in [-0.25, -0.2) is 5.48 Å². The smallest absolute Gasteiger partial charge is 0.276 e. The maximum atomic E-state index is 11.5. The van der Waals surface area contributed by atoms with Gasteiger partial charge in [0.15, 0.2) is 0 Å². The van der Waals surface area contributed by atoms with E-state index in [-0.39, 0.29) is 5.16 Å². The number of pyridine rings is 1. The van der Waals surface area contributed by atoms with Crippen LogP contribution in [0.2, 0.25) is 0 Å². The van der Waals surface area contributed by atoms with E-state index in [2.05, 4.69) is 39.3 Å². The summed E-state index contributed by atoms with van der Waals surface area (Å²) < 4.78 is 0. The topological polar surface area (TPSA) is 65.5 Å². The highest BCUT2D eigenvalue weighted by Gasteiger charge is 2.35. The lowest BCUT2D eigenvalue weighted by Gasteiger charge is -2.43. The van der Waals surface area contributed by atoms with Gasteiger partial charge in [-0.3, -0.25) is 19.9 Å². The number of rotatable bonds is 3. The molecule has 0 spiro atoms. The molecule has 117 valence electrons. The Bertz CT molecular complexity index is 723. The zero-order valence-electron chi connectivity index (χ0n) is 12.9. The standard InChI is InChI=1S/C17H18N3O2Si/c1-20-11-14-7-13(16(21)19-22)10-18-15(14)9-17(20,23)8-12-5-3-2-4-6-12/h2-7,10,22H,8-9,11H2,1H3,(H,19,21)/t17-/m0/s1. The van der Waals surface area contributed by atoms with E-state index >= 15 is 0 Å². The molecule has 0 bridgehead atoms. The van der Waals surface area contributed by atoms with Crippen LogP contribution in [0.15, 0.2) is 42.6 Å². The first-order valence-electron chi connectivity index (χ1n) is 7.44. The van der Waals surface area contributed by atoms with E-state index in [0.717, 1.165) is 24.1 Å². The third-order valence-corrected chi connectivity index (χ3v) is 5.10. The number of hydroxylamine groups is 1. The maximum absolute atomic E-state index is 11.5. The Morgan fingerprint density at radius 3 is 2.87 bits per heavy atom. The predicted octanol–water partition coefficient (Wildman–Crippen LogP) is 1.30. The van der Waals surface area contributed by atoms with Crippen LogP contribution in [0.4, 0.5) is 0 Å². The van der Waals surface area contributed by atoms with Crippen molar-refractivity contribution in [2.24, 2.45) is 0 Å². The molecule has 1 atom stereocenters. The van der Waals surface area contributed by atoms with Crippen molar-refractivity contribution in [3.63, 3.8) is 0 Å². The summed E-state index contributed by atoms with van der Waals surface area (Å²) >= 11 is 0. The third-order valence-electron chi connectivity index (χ3n) is 4.36. The Morgan fingerprint density at radius 1 is 1.43 bits per heavy atom. The van der Waals surface area contributed by atoms with Gasteiger partial charge in [0.1, 0.15) is 0 Å². The number of benzene rings is 1. The van der Waals surface area contributed by atoms with Crippen LogP contribution < -0.4 is 5.48 Å². The molecule has 0 saturated carbocycles. The van der Waals surface area contributed by atoms with E-state index < -0.39 is 5.91 Å². The third kappa shape index (κ3) is 3.19. The van der Waals surface area contributed by atoms with Crippen LogP contribution in [0, 0.1) is 0 Å². The summed E-state index contributed by atoms with van der Waals surface area (Å²) in [5.41, 5.74) is 5.25. The van der Waals surface area contributed by atoms with Crippen LogP contribution in [-0.2, 0) is 19.4 Å². The number of nitrogens with zero attached hydrogens (tertiary/aromatic N) is 2. The zero-order valence-corrected chi connectivity index (χ0v) is 13.9. The monoisotopic (exact) mass is 324 g/mol. The van der Waals surface area contributed by atoms with Crippen molar-refractivity contribution in [3.05, 3.63) is 65.0 Å². The lowest BCUT2D eigenvalue weighted by Crippen LogP contribution is -2.53. The number of hydrogen-bond donors (Lipinski definition) is 2. The average molecular weight is 324 g/mol. The number of nitrogens with one attached hydrogen (secondary N) is 1.